The van der Waals surface area contributed by atoms with Crippen LogP contribution in [0, 0.1) is 11.6 Å². The Bertz CT molecular complexity index is 638. The fourth-order valence-electron chi connectivity index (χ4n) is 2.89. The van der Waals surface area contributed by atoms with Gasteiger partial charge < -0.3 is 5.32 Å². The average molecular weight is 262 g/mol. The van der Waals surface area contributed by atoms with E-state index in [-0.39, 0.29) is 5.52 Å². The maximum absolute atomic E-state index is 13.9. The smallest absolute Gasteiger partial charge is 0.185 e. The van der Waals surface area contributed by atoms with Gasteiger partial charge in [-0.15, -0.1) is 0 Å². The molecule has 0 aliphatic heterocycles. The number of anilines is 1. The van der Waals surface area contributed by atoms with Crippen molar-refractivity contribution in [1.29, 1.82) is 0 Å². The minimum Gasteiger partial charge on any atom is -0.387 e. The number of halogens is 2. The van der Waals surface area contributed by atoms with Gasteiger partial charge in [0.05, 0.1) is 0 Å². The van der Waals surface area contributed by atoms with Crippen molar-refractivity contribution >= 4 is 16.6 Å². The third-order valence-electron chi connectivity index (χ3n) is 3.83. The summed E-state index contributed by atoms with van der Waals surface area (Å²) >= 11 is 0. The molecule has 1 aliphatic carbocycles. The van der Waals surface area contributed by atoms with Crippen LogP contribution in [0.3, 0.4) is 0 Å². The molecule has 0 unspecified atom stereocenters. The highest BCUT2D eigenvalue weighted by Gasteiger charge is 2.19. The molecule has 100 valence electrons. The van der Waals surface area contributed by atoms with Crippen molar-refractivity contribution in [3.05, 3.63) is 35.0 Å². The van der Waals surface area contributed by atoms with Gasteiger partial charge in [0.15, 0.2) is 11.6 Å². The van der Waals surface area contributed by atoms with Crippen molar-refractivity contribution in [2.45, 2.75) is 32.1 Å². The molecule has 0 spiro atoms. The molecule has 2 aromatic rings. The normalized spacial score (nSPS) is 15.1. The summed E-state index contributed by atoms with van der Waals surface area (Å²) in [6.45, 7) is 0. The van der Waals surface area contributed by atoms with Gasteiger partial charge in [-0.1, -0.05) is 6.42 Å². The summed E-state index contributed by atoms with van der Waals surface area (Å²) in [6, 6.07) is 2.78. The van der Waals surface area contributed by atoms with E-state index < -0.39 is 11.6 Å². The molecule has 0 saturated heterocycles. The predicted octanol–water partition coefficient (Wildman–Crippen LogP) is 3.82. The maximum Gasteiger partial charge on any atom is 0.185 e. The highest BCUT2D eigenvalue weighted by Crippen LogP contribution is 2.33. The Balaban J connectivity index is 2.36. The molecular weight excluding hydrogens is 246 g/mol. The first-order valence-corrected chi connectivity index (χ1v) is 6.69. The second-order valence-corrected chi connectivity index (χ2v) is 4.98. The van der Waals surface area contributed by atoms with E-state index in [0.29, 0.717) is 5.39 Å². The average Bonchev–Trinajstić information content (AvgIpc) is 2.66. The lowest BCUT2D eigenvalue weighted by Gasteiger charge is -2.15. The van der Waals surface area contributed by atoms with Crippen LogP contribution in [0.1, 0.15) is 30.5 Å². The van der Waals surface area contributed by atoms with Crippen LogP contribution in [0.4, 0.5) is 14.5 Å². The van der Waals surface area contributed by atoms with Gasteiger partial charge in [-0.2, -0.15) is 0 Å². The van der Waals surface area contributed by atoms with Crippen LogP contribution in [-0.2, 0) is 12.8 Å². The molecule has 1 aromatic heterocycles. The molecular formula is C15H16F2N2. The van der Waals surface area contributed by atoms with Gasteiger partial charge in [-0.05, 0) is 43.4 Å². The number of nitrogens with one attached hydrogen (secondary N) is 1. The van der Waals surface area contributed by atoms with Crippen molar-refractivity contribution < 1.29 is 8.78 Å². The van der Waals surface area contributed by atoms with E-state index in [4.69, 9.17) is 0 Å². The molecule has 0 fully saturated rings. The molecule has 0 bridgehead atoms. The lowest BCUT2D eigenvalue weighted by Crippen LogP contribution is -2.05. The fraction of sp³-hybridized carbons (Fsp3) is 0.400. The van der Waals surface area contributed by atoms with Crippen molar-refractivity contribution in [2.75, 3.05) is 12.4 Å². The topological polar surface area (TPSA) is 24.9 Å². The lowest BCUT2D eigenvalue weighted by molar-refractivity contribution is 0.515. The number of aryl methyl sites for hydroxylation is 1. The Morgan fingerprint density at radius 3 is 2.68 bits per heavy atom. The Morgan fingerprint density at radius 2 is 1.89 bits per heavy atom. The minimum atomic E-state index is -0.846. The van der Waals surface area contributed by atoms with Gasteiger partial charge in [0.2, 0.25) is 0 Å². The zero-order chi connectivity index (χ0) is 13.4. The SMILES string of the molecule is CNc1c2c(nc3c(F)c(F)ccc13)CCCCC2. The Morgan fingerprint density at radius 1 is 1.11 bits per heavy atom. The number of benzene rings is 1. The van der Waals surface area contributed by atoms with Crippen LogP contribution < -0.4 is 5.32 Å². The van der Waals surface area contributed by atoms with E-state index in [1.807, 2.05) is 7.05 Å². The maximum atomic E-state index is 13.9. The number of nitrogens with zero attached hydrogens (tertiary/aromatic N) is 1. The van der Waals surface area contributed by atoms with Gasteiger partial charge in [0.25, 0.3) is 0 Å². The molecule has 1 heterocycles. The number of aromatic nitrogens is 1. The van der Waals surface area contributed by atoms with Gasteiger partial charge >= 0.3 is 0 Å². The van der Waals surface area contributed by atoms with Crippen LogP contribution in [0.5, 0.6) is 0 Å². The standard InChI is InChI=1S/C15H16F2N2/c1-18-14-9-5-3-2-4-6-12(9)19-15-10(14)7-8-11(16)13(15)17/h7-8H,2-6H2,1H3,(H,18,19). The Hall–Kier alpha value is -1.71. The largest absolute Gasteiger partial charge is 0.387 e. The molecule has 0 radical (unpaired) electrons. The zero-order valence-corrected chi connectivity index (χ0v) is 10.9. The van der Waals surface area contributed by atoms with Crippen LogP contribution in [0.25, 0.3) is 10.9 Å². The first-order valence-electron chi connectivity index (χ1n) is 6.69. The van der Waals surface area contributed by atoms with Gasteiger partial charge in [-0.3, -0.25) is 0 Å². The fourth-order valence-corrected chi connectivity index (χ4v) is 2.89. The van der Waals surface area contributed by atoms with Crippen LogP contribution >= 0.6 is 0 Å². The van der Waals surface area contributed by atoms with Crippen molar-refractivity contribution in [3.8, 4) is 0 Å². The molecule has 1 N–H and O–H groups in total. The molecule has 0 saturated carbocycles. The summed E-state index contributed by atoms with van der Waals surface area (Å²) in [5.74, 6) is -1.68. The molecule has 2 nitrogen and oxygen atoms in total. The summed E-state index contributed by atoms with van der Waals surface area (Å²) in [7, 11) is 1.82. The number of rotatable bonds is 1. The van der Waals surface area contributed by atoms with E-state index in [1.165, 1.54) is 11.6 Å². The van der Waals surface area contributed by atoms with Crippen molar-refractivity contribution in [2.24, 2.45) is 0 Å². The van der Waals surface area contributed by atoms with E-state index in [9.17, 15) is 8.78 Å². The second kappa shape index (κ2) is 4.76. The van der Waals surface area contributed by atoms with E-state index in [2.05, 4.69) is 10.3 Å². The number of pyridine rings is 1. The zero-order valence-electron chi connectivity index (χ0n) is 10.9. The summed E-state index contributed by atoms with van der Waals surface area (Å²) in [5, 5.41) is 3.81. The number of hydrogen-bond acceptors (Lipinski definition) is 2. The molecule has 3 rings (SSSR count). The van der Waals surface area contributed by atoms with Crippen LogP contribution in [-0.4, -0.2) is 12.0 Å². The minimum absolute atomic E-state index is 0.144. The quantitative estimate of drug-likeness (QED) is 0.790. The first-order chi connectivity index (χ1) is 9.22. The van der Waals surface area contributed by atoms with E-state index in [1.54, 1.807) is 6.07 Å². The molecule has 1 aromatic carbocycles. The molecule has 4 heteroatoms. The second-order valence-electron chi connectivity index (χ2n) is 4.98. The highest BCUT2D eigenvalue weighted by atomic mass is 19.2. The summed E-state index contributed by atoms with van der Waals surface area (Å²) < 4.78 is 27.3. The van der Waals surface area contributed by atoms with E-state index >= 15 is 0 Å². The number of fused-ring (bicyclic) bond motifs is 2. The summed E-state index contributed by atoms with van der Waals surface area (Å²) in [4.78, 5) is 4.39. The van der Waals surface area contributed by atoms with Crippen molar-refractivity contribution in [1.82, 2.24) is 4.98 Å². The van der Waals surface area contributed by atoms with Crippen LogP contribution in [0.2, 0.25) is 0 Å². The summed E-state index contributed by atoms with van der Waals surface area (Å²) in [6.07, 6.45) is 5.14. The van der Waals surface area contributed by atoms with Gasteiger partial charge in [0, 0.05) is 23.8 Å². The van der Waals surface area contributed by atoms with Crippen LogP contribution in [0.15, 0.2) is 12.1 Å². The third-order valence-corrected chi connectivity index (χ3v) is 3.83. The lowest BCUT2D eigenvalue weighted by atomic mass is 10.0. The van der Waals surface area contributed by atoms with E-state index in [0.717, 1.165) is 43.5 Å². The highest BCUT2D eigenvalue weighted by molar-refractivity contribution is 5.93. The monoisotopic (exact) mass is 262 g/mol. The number of hydrogen-bond donors (Lipinski definition) is 1. The Kier molecular flexibility index (Phi) is 3.09. The van der Waals surface area contributed by atoms with Crippen molar-refractivity contribution in [3.63, 3.8) is 0 Å². The van der Waals surface area contributed by atoms with Gasteiger partial charge in [0.1, 0.15) is 5.52 Å². The first kappa shape index (κ1) is 12.3. The Labute approximate surface area is 110 Å². The molecule has 0 amide bonds. The molecule has 1 aliphatic rings. The third kappa shape index (κ3) is 1.95. The summed E-state index contributed by atoms with van der Waals surface area (Å²) in [5.41, 5.74) is 3.13. The van der Waals surface area contributed by atoms with Gasteiger partial charge in [-0.25, -0.2) is 13.8 Å². The predicted molar refractivity (Wildman–Crippen MR) is 72.5 cm³/mol. The molecule has 0 atom stereocenters. The molecule has 19 heavy (non-hydrogen) atoms.